The molecule has 1 aromatic rings. The van der Waals surface area contributed by atoms with E-state index in [4.69, 9.17) is 10.1 Å². The van der Waals surface area contributed by atoms with Gasteiger partial charge in [-0.05, 0) is 27.2 Å². The van der Waals surface area contributed by atoms with E-state index in [1.165, 1.54) is 0 Å². The van der Waals surface area contributed by atoms with Gasteiger partial charge in [-0.25, -0.2) is 9.37 Å². The summed E-state index contributed by atoms with van der Waals surface area (Å²) in [6.45, 7) is 6.83. The SMILES string of the molecule is CC[Si](CC)(CC)c1cc(Br)nc(C(=N)CCOC)c1F. The summed E-state index contributed by atoms with van der Waals surface area (Å²) in [6, 6.07) is 4.82. The van der Waals surface area contributed by atoms with Crippen molar-refractivity contribution in [1.29, 1.82) is 5.41 Å². The molecule has 6 heteroatoms. The maximum Gasteiger partial charge on any atom is 0.150 e. The van der Waals surface area contributed by atoms with Crippen LogP contribution < -0.4 is 5.19 Å². The van der Waals surface area contributed by atoms with Gasteiger partial charge >= 0.3 is 0 Å². The second kappa shape index (κ2) is 8.15. The van der Waals surface area contributed by atoms with Crippen molar-refractivity contribution in [3.05, 3.63) is 22.2 Å². The minimum atomic E-state index is -1.85. The van der Waals surface area contributed by atoms with Crippen LogP contribution in [-0.2, 0) is 4.74 Å². The molecule has 0 saturated carbocycles. The molecule has 0 aliphatic rings. The summed E-state index contributed by atoms with van der Waals surface area (Å²) < 4.78 is 20.5. The van der Waals surface area contributed by atoms with Crippen LogP contribution in [-0.4, -0.2) is 32.5 Å². The van der Waals surface area contributed by atoms with Crippen LogP contribution in [0.3, 0.4) is 0 Å². The van der Waals surface area contributed by atoms with E-state index in [-0.39, 0.29) is 17.2 Å². The predicted molar refractivity (Wildman–Crippen MR) is 92.0 cm³/mol. The molecular formula is C15H24BrFN2OSi. The number of aromatic nitrogens is 1. The first kappa shape index (κ1) is 18.5. The average Bonchev–Trinajstić information content (AvgIpc) is 2.50. The highest BCUT2D eigenvalue weighted by Gasteiger charge is 2.34. The summed E-state index contributed by atoms with van der Waals surface area (Å²) >= 11 is 3.38. The minimum Gasteiger partial charge on any atom is -0.384 e. The van der Waals surface area contributed by atoms with Crippen molar-refractivity contribution in [2.75, 3.05) is 13.7 Å². The van der Waals surface area contributed by atoms with Gasteiger partial charge < -0.3 is 10.1 Å². The highest BCUT2D eigenvalue weighted by atomic mass is 79.9. The number of nitrogens with zero attached hydrogens (tertiary/aromatic N) is 1. The van der Waals surface area contributed by atoms with Crippen molar-refractivity contribution in [3.63, 3.8) is 0 Å². The van der Waals surface area contributed by atoms with Gasteiger partial charge in [0.25, 0.3) is 0 Å². The second-order valence-corrected chi connectivity index (χ2v) is 11.3. The lowest BCUT2D eigenvalue weighted by Crippen LogP contribution is -2.48. The van der Waals surface area contributed by atoms with Crippen molar-refractivity contribution in [2.45, 2.75) is 45.3 Å². The fourth-order valence-corrected chi connectivity index (χ4v) is 7.02. The van der Waals surface area contributed by atoms with E-state index in [1.54, 1.807) is 7.11 Å². The zero-order valence-corrected chi connectivity index (χ0v) is 15.8. The summed E-state index contributed by atoms with van der Waals surface area (Å²) in [4.78, 5) is 4.19. The molecule has 1 N–H and O–H groups in total. The summed E-state index contributed by atoms with van der Waals surface area (Å²) in [6.07, 6.45) is 0.370. The van der Waals surface area contributed by atoms with Gasteiger partial charge in [-0.1, -0.05) is 38.9 Å². The highest BCUT2D eigenvalue weighted by Crippen LogP contribution is 2.24. The molecule has 3 nitrogen and oxygen atoms in total. The topological polar surface area (TPSA) is 46.0 Å². The van der Waals surface area contributed by atoms with E-state index in [0.717, 1.165) is 23.3 Å². The zero-order valence-electron chi connectivity index (χ0n) is 13.2. The first-order chi connectivity index (χ1) is 9.95. The summed E-state index contributed by atoms with van der Waals surface area (Å²) in [5.74, 6) is -0.295. The van der Waals surface area contributed by atoms with Crippen LogP contribution in [0.1, 0.15) is 32.9 Å². The molecule has 0 bridgehead atoms. The van der Waals surface area contributed by atoms with E-state index in [1.807, 2.05) is 6.07 Å². The predicted octanol–water partition coefficient (Wildman–Crippen LogP) is 4.10. The maximum absolute atomic E-state index is 15.0. The largest absolute Gasteiger partial charge is 0.384 e. The normalized spacial score (nSPS) is 11.7. The molecule has 0 unspecified atom stereocenters. The Hall–Kier alpha value is -0.593. The van der Waals surface area contributed by atoms with Crippen LogP contribution in [0.15, 0.2) is 10.7 Å². The van der Waals surface area contributed by atoms with Gasteiger partial charge in [0.05, 0.1) is 20.4 Å². The third-order valence-electron chi connectivity index (χ3n) is 4.37. The number of ether oxygens (including phenoxy) is 1. The van der Waals surface area contributed by atoms with Gasteiger partial charge in [0, 0.05) is 13.5 Å². The van der Waals surface area contributed by atoms with E-state index >= 15 is 0 Å². The Labute approximate surface area is 136 Å². The molecule has 0 aliphatic carbocycles. The van der Waals surface area contributed by atoms with Gasteiger partial charge in [-0.15, -0.1) is 0 Å². The number of rotatable bonds is 8. The number of pyridine rings is 1. The van der Waals surface area contributed by atoms with Crippen molar-refractivity contribution >= 4 is 34.9 Å². The van der Waals surface area contributed by atoms with Gasteiger partial charge in [0.1, 0.15) is 16.1 Å². The zero-order chi connectivity index (χ0) is 16.0. The van der Waals surface area contributed by atoms with Crippen LogP contribution in [0, 0.1) is 11.2 Å². The first-order valence-electron chi connectivity index (χ1n) is 7.38. The van der Waals surface area contributed by atoms with Gasteiger partial charge in [0.2, 0.25) is 0 Å². The fourth-order valence-electron chi connectivity index (χ4n) is 2.73. The Kier molecular flexibility index (Phi) is 7.16. The third kappa shape index (κ3) is 3.99. The molecule has 1 heterocycles. The molecule has 0 atom stereocenters. The molecule has 0 spiro atoms. The molecule has 0 saturated heterocycles. The van der Waals surface area contributed by atoms with E-state index in [9.17, 15) is 4.39 Å². The van der Waals surface area contributed by atoms with E-state index in [0.29, 0.717) is 17.6 Å². The minimum absolute atomic E-state index is 0.170. The summed E-state index contributed by atoms with van der Waals surface area (Å²) in [5.41, 5.74) is 0.367. The second-order valence-electron chi connectivity index (χ2n) is 5.22. The average molecular weight is 375 g/mol. The molecule has 21 heavy (non-hydrogen) atoms. The molecule has 0 aromatic carbocycles. The van der Waals surface area contributed by atoms with Gasteiger partial charge in [-0.3, -0.25) is 0 Å². The molecule has 1 aromatic heterocycles. The summed E-state index contributed by atoms with van der Waals surface area (Å²) in [5, 5.41) is 8.86. The number of hydrogen-bond donors (Lipinski definition) is 1. The lowest BCUT2D eigenvalue weighted by Gasteiger charge is -2.29. The Morgan fingerprint density at radius 2 is 1.90 bits per heavy atom. The van der Waals surface area contributed by atoms with Crippen molar-refractivity contribution in [1.82, 2.24) is 4.98 Å². The maximum atomic E-state index is 15.0. The van der Waals surface area contributed by atoms with Gasteiger partial charge in [0.15, 0.2) is 0 Å². The van der Waals surface area contributed by atoms with E-state index < -0.39 is 8.07 Å². The highest BCUT2D eigenvalue weighted by molar-refractivity contribution is 9.10. The Bertz CT molecular complexity index is 498. The van der Waals surface area contributed by atoms with E-state index in [2.05, 4.69) is 41.7 Å². The summed E-state index contributed by atoms with van der Waals surface area (Å²) in [7, 11) is -0.275. The Balaban J connectivity index is 3.36. The van der Waals surface area contributed by atoms with Crippen molar-refractivity contribution < 1.29 is 9.13 Å². The standard InChI is InChI=1S/C15H24BrFN2OSi/c1-5-21(6-2,7-3)12-10-13(16)19-15(14(12)17)11(18)8-9-20-4/h10,18H,5-9H2,1-4H3. The fraction of sp³-hybridized carbons (Fsp3) is 0.600. The van der Waals surface area contributed by atoms with Gasteiger partial charge in [-0.2, -0.15) is 0 Å². The monoisotopic (exact) mass is 374 g/mol. The molecule has 0 aliphatic heterocycles. The first-order valence-corrected chi connectivity index (χ1v) is 10.8. The molecule has 0 amide bonds. The molecular weight excluding hydrogens is 351 g/mol. The lowest BCUT2D eigenvalue weighted by atomic mass is 10.2. The molecule has 1 rings (SSSR count). The number of nitrogens with one attached hydrogen (secondary N) is 1. The third-order valence-corrected chi connectivity index (χ3v) is 10.3. The number of hydrogen-bond acceptors (Lipinski definition) is 3. The van der Waals surface area contributed by atoms with Crippen LogP contribution in [0.25, 0.3) is 0 Å². The van der Waals surface area contributed by atoms with Crippen molar-refractivity contribution in [3.8, 4) is 0 Å². The molecule has 0 radical (unpaired) electrons. The number of methoxy groups -OCH3 is 1. The molecule has 118 valence electrons. The van der Waals surface area contributed by atoms with Crippen LogP contribution in [0.4, 0.5) is 4.39 Å². The van der Waals surface area contributed by atoms with Crippen LogP contribution in [0.2, 0.25) is 18.1 Å². The van der Waals surface area contributed by atoms with Crippen LogP contribution in [0.5, 0.6) is 0 Å². The number of halogens is 2. The lowest BCUT2D eigenvalue weighted by molar-refractivity contribution is 0.207. The quantitative estimate of drug-likeness (QED) is 0.422. The Morgan fingerprint density at radius 3 is 2.38 bits per heavy atom. The Morgan fingerprint density at radius 1 is 1.33 bits per heavy atom. The van der Waals surface area contributed by atoms with Crippen molar-refractivity contribution in [2.24, 2.45) is 0 Å². The van der Waals surface area contributed by atoms with Crippen LogP contribution >= 0.6 is 15.9 Å². The smallest absolute Gasteiger partial charge is 0.150 e. The molecule has 0 fully saturated rings.